The number of amides is 2. The van der Waals surface area contributed by atoms with Crippen LogP contribution in [0.2, 0.25) is 0 Å². The van der Waals surface area contributed by atoms with Gasteiger partial charge in [0.05, 0.1) is 0 Å². The maximum absolute atomic E-state index is 12.2. The number of carbonyl (C=O) groups is 2. The van der Waals surface area contributed by atoms with E-state index in [-0.39, 0.29) is 12.1 Å². The summed E-state index contributed by atoms with van der Waals surface area (Å²) in [6, 6.07) is 18.1. The lowest BCUT2D eigenvalue weighted by Crippen LogP contribution is -2.56. The lowest BCUT2D eigenvalue weighted by molar-refractivity contribution is -0.156. The second kappa shape index (κ2) is 12.3. The predicted octanol–water partition coefficient (Wildman–Crippen LogP) is -0.0752. The quantitative estimate of drug-likeness (QED) is 0.287. The van der Waals surface area contributed by atoms with E-state index < -0.39 is 36.2 Å². The Balaban J connectivity index is 1.84. The molecule has 2 aromatic rings. The molecule has 0 saturated heterocycles. The molecule has 0 saturated carbocycles. The van der Waals surface area contributed by atoms with E-state index in [0.29, 0.717) is 12.8 Å². The number of carbonyl (C=O) groups excluding carboxylic acids is 2. The molecule has 32 heavy (non-hydrogen) atoms. The Bertz CT molecular complexity index is 777. The third-order valence-electron chi connectivity index (χ3n) is 5.08. The van der Waals surface area contributed by atoms with Crippen LogP contribution in [0, 0.1) is 0 Å². The summed E-state index contributed by atoms with van der Waals surface area (Å²) >= 11 is 0. The number of aliphatic hydroxyl groups is 4. The molecule has 0 aromatic heterocycles. The van der Waals surface area contributed by atoms with Gasteiger partial charge in [-0.2, -0.15) is 0 Å². The third-order valence-corrected chi connectivity index (χ3v) is 5.08. The molecule has 0 heterocycles. The van der Waals surface area contributed by atoms with Crippen molar-refractivity contribution in [1.82, 2.24) is 10.6 Å². The van der Waals surface area contributed by atoms with E-state index in [1.807, 2.05) is 60.7 Å². The minimum atomic E-state index is -2.05. The number of aliphatic hydroxyl groups excluding tert-OH is 4. The number of benzene rings is 2. The lowest BCUT2D eigenvalue weighted by atomic mass is 10.0. The van der Waals surface area contributed by atoms with Crippen molar-refractivity contribution < 1.29 is 30.0 Å². The van der Waals surface area contributed by atoms with Crippen LogP contribution in [-0.4, -0.2) is 68.7 Å². The van der Waals surface area contributed by atoms with Crippen LogP contribution in [-0.2, 0) is 22.4 Å². The predicted molar refractivity (Wildman–Crippen MR) is 120 cm³/mol. The van der Waals surface area contributed by atoms with Crippen molar-refractivity contribution in [1.29, 1.82) is 0 Å². The van der Waals surface area contributed by atoms with Crippen molar-refractivity contribution in [3.8, 4) is 0 Å². The molecular formula is C24H32N2O6. The van der Waals surface area contributed by atoms with E-state index in [4.69, 9.17) is 0 Å². The zero-order valence-electron chi connectivity index (χ0n) is 18.3. The first-order valence-electron chi connectivity index (χ1n) is 10.6. The van der Waals surface area contributed by atoms with Crippen LogP contribution in [0.5, 0.6) is 0 Å². The number of hydrogen-bond acceptors (Lipinski definition) is 6. The molecule has 0 aliphatic carbocycles. The van der Waals surface area contributed by atoms with Gasteiger partial charge in [0, 0.05) is 12.1 Å². The molecule has 0 radical (unpaired) electrons. The zero-order valence-corrected chi connectivity index (χ0v) is 18.3. The minimum Gasteiger partial charge on any atom is -0.387 e. The van der Waals surface area contributed by atoms with E-state index in [2.05, 4.69) is 10.6 Å². The maximum atomic E-state index is 12.2. The molecule has 8 nitrogen and oxygen atoms in total. The highest BCUT2D eigenvalue weighted by atomic mass is 16.4. The van der Waals surface area contributed by atoms with Crippen LogP contribution < -0.4 is 10.6 Å². The van der Waals surface area contributed by atoms with Gasteiger partial charge in [-0.3, -0.25) is 9.59 Å². The average Bonchev–Trinajstić information content (AvgIpc) is 2.78. The zero-order chi connectivity index (χ0) is 23.7. The van der Waals surface area contributed by atoms with E-state index >= 15 is 0 Å². The van der Waals surface area contributed by atoms with Gasteiger partial charge >= 0.3 is 0 Å². The Hall–Kier alpha value is -2.78. The second-order valence-corrected chi connectivity index (χ2v) is 8.07. The van der Waals surface area contributed by atoms with E-state index in [1.54, 1.807) is 13.8 Å². The summed E-state index contributed by atoms with van der Waals surface area (Å²) in [6.45, 7) is 3.47. The van der Waals surface area contributed by atoms with Gasteiger partial charge in [0.2, 0.25) is 0 Å². The van der Waals surface area contributed by atoms with E-state index in [9.17, 15) is 30.0 Å². The summed E-state index contributed by atoms with van der Waals surface area (Å²) in [6.07, 6.45) is -7.14. The van der Waals surface area contributed by atoms with Crippen LogP contribution in [0.15, 0.2) is 60.7 Å². The highest BCUT2D eigenvalue weighted by molar-refractivity contribution is 5.83. The van der Waals surface area contributed by atoms with Crippen LogP contribution in [0.25, 0.3) is 0 Å². The molecule has 0 fully saturated rings. The molecular weight excluding hydrogens is 412 g/mol. The Kier molecular flexibility index (Phi) is 9.80. The number of rotatable bonds is 11. The molecule has 0 unspecified atom stereocenters. The average molecular weight is 445 g/mol. The summed E-state index contributed by atoms with van der Waals surface area (Å²) in [5.41, 5.74) is 1.96. The molecule has 6 atom stereocenters. The summed E-state index contributed by atoms with van der Waals surface area (Å²) in [5.74, 6) is -1.82. The molecule has 2 aromatic carbocycles. The van der Waals surface area contributed by atoms with Crippen LogP contribution in [0.3, 0.4) is 0 Å². The smallest absolute Gasteiger partial charge is 0.251 e. The molecule has 174 valence electrons. The van der Waals surface area contributed by atoms with Crippen molar-refractivity contribution >= 4 is 11.8 Å². The first kappa shape index (κ1) is 25.5. The van der Waals surface area contributed by atoms with Crippen LogP contribution >= 0.6 is 0 Å². The highest BCUT2D eigenvalue weighted by Crippen LogP contribution is 2.09. The van der Waals surface area contributed by atoms with Crippen molar-refractivity contribution in [3.05, 3.63) is 71.8 Å². The van der Waals surface area contributed by atoms with Crippen molar-refractivity contribution in [2.24, 2.45) is 0 Å². The summed E-state index contributed by atoms with van der Waals surface area (Å²) in [4.78, 5) is 24.5. The molecule has 0 bridgehead atoms. The van der Waals surface area contributed by atoms with Gasteiger partial charge in [0.1, 0.15) is 12.2 Å². The molecule has 2 rings (SSSR count). The van der Waals surface area contributed by atoms with E-state index in [0.717, 1.165) is 11.1 Å². The normalized spacial score (nSPS) is 16.8. The molecule has 6 N–H and O–H groups in total. The monoisotopic (exact) mass is 444 g/mol. The Morgan fingerprint density at radius 1 is 0.656 bits per heavy atom. The van der Waals surface area contributed by atoms with Gasteiger partial charge < -0.3 is 31.1 Å². The van der Waals surface area contributed by atoms with Gasteiger partial charge in [-0.05, 0) is 37.8 Å². The van der Waals surface area contributed by atoms with E-state index in [1.165, 1.54) is 0 Å². The van der Waals surface area contributed by atoms with Crippen molar-refractivity contribution in [2.45, 2.75) is 63.2 Å². The fourth-order valence-electron chi connectivity index (χ4n) is 3.38. The van der Waals surface area contributed by atoms with Gasteiger partial charge in [0.25, 0.3) is 11.8 Å². The van der Waals surface area contributed by atoms with Crippen molar-refractivity contribution in [3.63, 3.8) is 0 Å². The van der Waals surface area contributed by atoms with Gasteiger partial charge in [-0.1, -0.05) is 60.7 Å². The fraction of sp³-hybridized carbons (Fsp3) is 0.417. The minimum absolute atomic E-state index is 0.351. The van der Waals surface area contributed by atoms with Gasteiger partial charge in [-0.25, -0.2) is 0 Å². The fourth-order valence-corrected chi connectivity index (χ4v) is 3.38. The Morgan fingerprint density at radius 3 is 1.28 bits per heavy atom. The molecule has 0 spiro atoms. The molecule has 2 amide bonds. The van der Waals surface area contributed by atoms with Gasteiger partial charge in [-0.15, -0.1) is 0 Å². The van der Waals surface area contributed by atoms with Crippen LogP contribution in [0.1, 0.15) is 25.0 Å². The van der Waals surface area contributed by atoms with Crippen LogP contribution in [0.4, 0.5) is 0 Å². The SMILES string of the molecule is C[C@@H](Cc1ccccc1)NC(=O)[C@@H](O)[C@H](O)[C@H](O)[C@@H](O)C(=O)N[C@@H](C)Cc1ccccc1. The summed E-state index contributed by atoms with van der Waals surface area (Å²) in [5, 5.41) is 45.6. The second-order valence-electron chi connectivity index (χ2n) is 8.07. The largest absolute Gasteiger partial charge is 0.387 e. The van der Waals surface area contributed by atoms with Crippen molar-refractivity contribution in [2.75, 3.05) is 0 Å². The molecule has 0 aliphatic rings. The standard InChI is InChI=1S/C24H32N2O6/c1-15(13-17-9-5-3-6-10-17)25-23(31)21(29)19(27)20(28)22(30)24(32)26-16(2)14-18-11-7-4-8-12-18/h3-12,15-16,19-22,27-30H,13-14H2,1-2H3,(H,25,31)(H,26,32)/t15-,16-,19-,20+,21+,22-/m0/s1. The number of nitrogens with one attached hydrogen (secondary N) is 2. The Morgan fingerprint density at radius 2 is 0.969 bits per heavy atom. The first-order chi connectivity index (χ1) is 15.2. The molecule has 0 aliphatic heterocycles. The third kappa shape index (κ3) is 7.72. The maximum Gasteiger partial charge on any atom is 0.251 e. The summed E-state index contributed by atoms with van der Waals surface area (Å²) < 4.78 is 0. The number of hydrogen-bond donors (Lipinski definition) is 6. The Labute approximate surface area is 187 Å². The summed E-state index contributed by atoms with van der Waals surface area (Å²) in [7, 11) is 0. The lowest BCUT2D eigenvalue weighted by Gasteiger charge is -2.27. The first-order valence-corrected chi connectivity index (χ1v) is 10.6. The molecule has 8 heteroatoms. The van der Waals surface area contributed by atoms with Gasteiger partial charge in [0.15, 0.2) is 12.2 Å². The topological polar surface area (TPSA) is 139 Å². The highest BCUT2D eigenvalue weighted by Gasteiger charge is 2.37.